The Morgan fingerprint density at radius 1 is 0.628 bits per heavy atom. The van der Waals surface area contributed by atoms with Crippen LogP contribution in [-0.4, -0.2) is 4.40 Å². The number of aromatic nitrogens is 1. The van der Waals surface area contributed by atoms with E-state index in [9.17, 15) is 4.79 Å². The molecule has 0 unspecified atom stereocenters. The summed E-state index contributed by atoms with van der Waals surface area (Å²) in [5, 5.41) is 3.54. The standard InChI is InChI=1S/C41H29NO/c1-40(2)33-20-9-10-21-34(33)41(31-18-7-5-13-25(31)26-14-6-8-19-32(26)41)36-23-37-30(22-35(36)40)28-17-11-16-27-24-12-3-4-15-29(24)39(43)42(37)38(27)28/h4-11,13-23H,3,12H2,1-2H3. The van der Waals surface area contributed by atoms with Gasteiger partial charge in [0, 0.05) is 27.1 Å². The average molecular weight is 552 g/mol. The van der Waals surface area contributed by atoms with Crippen molar-refractivity contribution in [1.29, 1.82) is 0 Å². The van der Waals surface area contributed by atoms with Crippen LogP contribution in [0.4, 0.5) is 0 Å². The van der Waals surface area contributed by atoms with Gasteiger partial charge in [0.1, 0.15) is 0 Å². The third kappa shape index (κ3) is 2.57. The highest BCUT2D eigenvalue weighted by Gasteiger charge is 2.53. The number of pyridine rings is 1. The van der Waals surface area contributed by atoms with Crippen LogP contribution in [0.5, 0.6) is 0 Å². The maximum Gasteiger partial charge on any atom is 0.263 e. The minimum atomic E-state index is -0.477. The van der Waals surface area contributed by atoms with Crippen LogP contribution in [0.3, 0.4) is 0 Å². The molecule has 0 radical (unpaired) electrons. The van der Waals surface area contributed by atoms with E-state index in [0.717, 1.165) is 34.8 Å². The molecule has 2 nitrogen and oxygen atoms in total. The van der Waals surface area contributed by atoms with Crippen LogP contribution < -0.4 is 5.56 Å². The lowest BCUT2D eigenvalue weighted by Crippen LogP contribution is -2.40. The van der Waals surface area contributed by atoms with Gasteiger partial charge >= 0.3 is 0 Å². The largest absolute Gasteiger partial charge is 0.275 e. The minimum Gasteiger partial charge on any atom is -0.275 e. The Morgan fingerprint density at radius 3 is 2.02 bits per heavy atom. The fourth-order valence-electron chi connectivity index (χ4n) is 9.12. The van der Waals surface area contributed by atoms with Crippen molar-refractivity contribution in [2.24, 2.45) is 0 Å². The molecule has 7 aromatic rings. The lowest BCUT2D eigenvalue weighted by molar-refractivity contribution is 0.564. The number of benzene rings is 5. The van der Waals surface area contributed by atoms with E-state index in [4.69, 9.17) is 0 Å². The summed E-state index contributed by atoms with van der Waals surface area (Å²) in [6.07, 6.45) is 6.09. The van der Waals surface area contributed by atoms with Gasteiger partial charge in [-0.1, -0.05) is 117 Å². The van der Waals surface area contributed by atoms with Crippen LogP contribution in [0.25, 0.3) is 44.4 Å². The van der Waals surface area contributed by atoms with Crippen LogP contribution >= 0.6 is 0 Å². The van der Waals surface area contributed by atoms with Crippen molar-refractivity contribution in [3.05, 3.63) is 164 Å². The third-order valence-electron chi connectivity index (χ3n) is 10.9. The van der Waals surface area contributed by atoms with E-state index in [0.29, 0.717) is 0 Å². The molecule has 3 aliphatic carbocycles. The van der Waals surface area contributed by atoms with E-state index in [2.05, 4.69) is 129 Å². The molecule has 2 heterocycles. The summed E-state index contributed by atoms with van der Waals surface area (Å²) < 4.78 is 2.03. The van der Waals surface area contributed by atoms with Crippen molar-refractivity contribution in [1.82, 2.24) is 4.40 Å². The van der Waals surface area contributed by atoms with E-state index in [1.807, 2.05) is 4.40 Å². The number of fused-ring (bicyclic) bond motifs is 14. The zero-order valence-electron chi connectivity index (χ0n) is 24.2. The van der Waals surface area contributed by atoms with Crippen molar-refractivity contribution < 1.29 is 0 Å². The lowest BCUT2D eigenvalue weighted by Gasteiger charge is -2.46. The topological polar surface area (TPSA) is 21.5 Å². The molecule has 0 bridgehead atoms. The summed E-state index contributed by atoms with van der Waals surface area (Å²) in [6, 6.07) is 38.3. The van der Waals surface area contributed by atoms with Gasteiger partial charge in [-0.15, -0.1) is 0 Å². The molecular weight excluding hydrogens is 522 g/mol. The van der Waals surface area contributed by atoms with Gasteiger partial charge in [0.05, 0.1) is 16.4 Å². The molecule has 10 rings (SSSR count). The maximum atomic E-state index is 14.4. The van der Waals surface area contributed by atoms with Crippen LogP contribution in [0.1, 0.15) is 64.8 Å². The van der Waals surface area contributed by atoms with Crippen molar-refractivity contribution in [3.8, 4) is 11.1 Å². The summed E-state index contributed by atoms with van der Waals surface area (Å²) in [6.45, 7) is 4.74. The Hall–Kier alpha value is -4.95. The van der Waals surface area contributed by atoms with Crippen LogP contribution in [0.15, 0.2) is 114 Å². The molecule has 43 heavy (non-hydrogen) atoms. The molecule has 0 atom stereocenters. The Kier molecular flexibility index (Phi) is 4.23. The van der Waals surface area contributed by atoms with Crippen molar-refractivity contribution in [3.63, 3.8) is 0 Å². The first-order chi connectivity index (χ1) is 21.0. The Bertz CT molecular complexity index is 2410. The Balaban J connectivity index is 1.46. The smallest absolute Gasteiger partial charge is 0.263 e. The summed E-state index contributed by atoms with van der Waals surface area (Å²) in [5.41, 5.74) is 14.1. The molecule has 1 spiro atoms. The van der Waals surface area contributed by atoms with Gasteiger partial charge in [0.15, 0.2) is 0 Å². The maximum absolute atomic E-state index is 14.4. The van der Waals surface area contributed by atoms with Gasteiger partial charge in [-0.05, 0) is 75.0 Å². The molecule has 0 fully saturated rings. The predicted molar refractivity (Wildman–Crippen MR) is 177 cm³/mol. The Labute approximate surface area is 249 Å². The van der Waals surface area contributed by atoms with Crippen LogP contribution in [0.2, 0.25) is 0 Å². The number of hydrogen-bond acceptors (Lipinski definition) is 1. The van der Waals surface area contributed by atoms with Gasteiger partial charge in [0.2, 0.25) is 0 Å². The summed E-state index contributed by atoms with van der Waals surface area (Å²) in [7, 11) is 0. The summed E-state index contributed by atoms with van der Waals surface area (Å²) in [5.74, 6) is 0. The second kappa shape index (κ2) is 7.71. The normalized spacial score (nSPS) is 16.8. The first-order valence-corrected chi connectivity index (χ1v) is 15.4. The first-order valence-electron chi connectivity index (χ1n) is 15.4. The zero-order valence-corrected chi connectivity index (χ0v) is 24.2. The van der Waals surface area contributed by atoms with E-state index in [1.54, 1.807) is 0 Å². The molecule has 2 heteroatoms. The van der Waals surface area contributed by atoms with Crippen molar-refractivity contribution in [2.45, 2.75) is 37.5 Å². The number of allylic oxidation sites excluding steroid dienone is 1. The van der Waals surface area contributed by atoms with E-state index < -0.39 is 5.41 Å². The second-order valence-corrected chi connectivity index (χ2v) is 13.1. The summed E-state index contributed by atoms with van der Waals surface area (Å²) in [4.78, 5) is 14.4. The van der Waals surface area contributed by atoms with Crippen LogP contribution in [-0.2, 0) is 17.3 Å². The molecule has 5 aromatic carbocycles. The number of hydrogen-bond donors (Lipinski definition) is 0. The highest BCUT2D eigenvalue weighted by molar-refractivity contribution is 6.15. The van der Waals surface area contributed by atoms with E-state index >= 15 is 0 Å². The number of rotatable bonds is 0. The number of nitrogens with zero attached hydrogens (tertiary/aromatic N) is 1. The molecule has 204 valence electrons. The Morgan fingerprint density at radius 2 is 1.28 bits per heavy atom. The molecule has 2 aromatic heterocycles. The monoisotopic (exact) mass is 551 g/mol. The minimum absolute atomic E-state index is 0.0985. The molecule has 0 N–H and O–H groups in total. The molecule has 0 aliphatic heterocycles. The van der Waals surface area contributed by atoms with Crippen molar-refractivity contribution >= 4 is 33.3 Å². The lowest BCUT2D eigenvalue weighted by atomic mass is 9.55. The van der Waals surface area contributed by atoms with E-state index in [-0.39, 0.29) is 11.0 Å². The molecule has 3 aliphatic rings. The van der Waals surface area contributed by atoms with Gasteiger partial charge in [-0.2, -0.15) is 0 Å². The van der Waals surface area contributed by atoms with Gasteiger partial charge < -0.3 is 0 Å². The third-order valence-corrected chi connectivity index (χ3v) is 10.9. The zero-order chi connectivity index (χ0) is 28.7. The van der Waals surface area contributed by atoms with Gasteiger partial charge in [-0.3, -0.25) is 9.20 Å². The molecule has 0 saturated carbocycles. The predicted octanol–water partition coefficient (Wildman–Crippen LogP) is 9.01. The second-order valence-electron chi connectivity index (χ2n) is 13.1. The molecular formula is C41H29NO. The molecule has 0 saturated heterocycles. The molecule has 0 amide bonds. The highest BCUT2D eigenvalue weighted by atomic mass is 16.1. The van der Waals surface area contributed by atoms with Gasteiger partial charge in [-0.25, -0.2) is 0 Å². The average Bonchev–Trinajstić information content (AvgIpc) is 3.54. The number of aryl methyl sites for hydroxylation is 1. The fraction of sp³-hybridized carbons (Fsp3) is 0.146. The van der Waals surface area contributed by atoms with Crippen LogP contribution in [0, 0.1) is 0 Å². The first kappa shape index (κ1) is 23.6. The quantitative estimate of drug-likeness (QED) is 0.184. The fourth-order valence-corrected chi connectivity index (χ4v) is 9.12. The summed E-state index contributed by atoms with van der Waals surface area (Å²) >= 11 is 0. The number of para-hydroxylation sites is 1. The SMILES string of the molecule is CC1(C)c2ccccc2C2(c3ccccc3-c3ccccc32)c2cc3c(cc21)c1cccc2c4c(c(=O)n3c21)C=CCC4. The van der Waals surface area contributed by atoms with E-state index in [1.165, 1.54) is 60.8 Å². The highest BCUT2D eigenvalue weighted by Crippen LogP contribution is 2.62. The van der Waals surface area contributed by atoms with Crippen molar-refractivity contribution in [2.75, 3.05) is 0 Å². The van der Waals surface area contributed by atoms with Gasteiger partial charge in [0.25, 0.3) is 5.56 Å².